The van der Waals surface area contributed by atoms with Crippen molar-refractivity contribution >= 4 is 21.5 Å². The highest BCUT2D eigenvalue weighted by atomic mass is 32.2. The Kier molecular flexibility index (Phi) is 5.66. The first-order valence-corrected chi connectivity index (χ1v) is 10.3. The average Bonchev–Trinajstić information content (AvgIpc) is 2.68. The first kappa shape index (κ1) is 18.5. The zero-order chi connectivity index (χ0) is 18.6. The highest BCUT2D eigenvalue weighted by Gasteiger charge is 2.19. The Balaban J connectivity index is 1.69. The van der Waals surface area contributed by atoms with Gasteiger partial charge in [-0.3, -0.25) is 4.72 Å². The second-order valence-corrected chi connectivity index (χ2v) is 8.27. The minimum absolute atomic E-state index is 0.182. The zero-order valence-electron chi connectivity index (χ0n) is 15.2. The second-order valence-electron chi connectivity index (χ2n) is 6.59. The Morgan fingerprint density at radius 2 is 1.77 bits per heavy atom. The molecule has 26 heavy (non-hydrogen) atoms. The number of sulfonamides is 1. The van der Waals surface area contributed by atoms with E-state index in [1.165, 1.54) is 44.2 Å². The molecule has 0 saturated heterocycles. The monoisotopic (exact) mass is 375 g/mol. The van der Waals surface area contributed by atoms with Gasteiger partial charge in [-0.1, -0.05) is 19.3 Å². The van der Waals surface area contributed by atoms with Crippen molar-refractivity contribution < 1.29 is 13.2 Å². The predicted octanol–water partition coefficient (Wildman–Crippen LogP) is 3.66. The molecule has 0 atom stereocenters. The fourth-order valence-corrected chi connectivity index (χ4v) is 4.32. The molecule has 1 N–H and O–H groups in total. The molecule has 0 aliphatic heterocycles. The fraction of sp³-hybridized carbons (Fsp3) is 0.421. The average molecular weight is 375 g/mol. The Bertz CT molecular complexity index is 814. The van der Waals surface area contributed by atoms with E-state index >= 15 is 0 Å². The van der Waals surface area contributed by atoms with E-state index in [-0.39, 0.29) is 4.90 Å². The van der Waals surface area contributed by atoms with Gasteiger partial charge >= 0.3 is 0 Å². The predicted molar refractivity (Wildman–Crippen MR) is 103 cm³/mol. The molecule has 3 rings (SSSR count). The molecule has 0 unspecified atom stereocenters. The van der Waals surface area contributed by atoms with Crippen LogP contribution in [0.3, 0.4) is 0 Å². The second kappa shape index (κ2) is 7.95. The van der Waals surface area contributed by atoms with Crippen LogP contribution in [0.1, 0.15) is 32.1 Å². The van der Waals surface area contributed by atoms with E-state index in [0.29, 0.717) is 17.5 Å². The van der Waals surface area contributed by atoms with Crippen LogP contribution in [-0.4, -0.2) is 33.6 Å². The summed E-state index contributed by atoms with van der Waals surface area (Å²) >= 11 is 0. The van der Waals surface area contributed by atoms with Crippen molar-refractivity contribution in [1.29, 1.82) is 0 Å². The van der Waals surface area contributed by atoms with Gasteiger partial charge in [-0.05, 0) is 49.2 Å². The number of benzene rings is 1. The Morgan fingerprint density at radius 3 is 2.35 bits per heavy atom. The van der Waals surface area contributed by atoms with Crippen LogP contribution in [0.2, 0.25) is 0 Å². The van der Waals surface area contributed by atoms with E-state index < -0.39 is 10.0 Å². The van der Waals surface area contributed by atoms with Crippen LogP contribution < -0.4 is 14.4 Å². The summed E-state index contributed by atoms with van der Waals surface area (Å²) in [4.78, 5) is 6.82. The number of rotatable bonds is 6. The van der Waals surface area contributed by atoms with Crippen molar-refractivity contribution in [3.05, 3.63) is 42.6 Å². The lowest BCUT2D eigenvalue weighted by atomic mass is 9.94. The molecule has 0 amide bonds. The molecule has 0 spiro atoms. The summed E-state index contributed by atoms with van der Waals surface area (Å²) in [6, 6.07) is 10.4. The van der Waals surface area contributed by atoms with Crippen LogP contribution in [0.25, 0.3) is 0 Å². The minimum atomic E-state index is -3.65. The quantitative estimate of drug-likeness (QED) is 0.834. The van der Waals surface area contributed by atoms with Crippen LogP contribution in [0.4, 0.5) is 11.5 Å². The normalized spacial score (nSPS) is 15.5. The molecule has 1 aliphatic carbocycles. The lowest BCUT2D eigenvalue weighted by Gasteiger charge is -2.32. The number of nitrogens with one attached hydrogen (secondary N) is 1. The Morgan fingerprint density at radius 1 is 1.08 bits per heavy atom. The molecule has 1 fully saturated rings. The molecular formula is C19H25N3O3S. The minimum Gasteiger partial charge on any atom is -0.497 e. The zero-order valence-corrected chi connectivity index (χ0v) is 16.0. The van der Waals surface area contributed by atoms with Gasteiger partial charge in [-0.15, -0.1) is 0 Å². The number of hydrogen-bond acceptors (Lipinski definition) is 5. The maximum atomic E-state index is 12.5. The summed E-state index contributed by atoms with van der Waals surface area (Å²) < 4.78 is 32.6. The lowest BCUT2D eigenvalue weighted by Crippen LogP contribution is -2.33. The molecule has 140 valence electrons. The van der Waals surface area contributed by atoms with Gasteiger partial charge in [0.15, 0.2) is 0 Å². The van der Waals surface area contributed by atoms with Gasteiger partial charge < -0.3 is 9.64 Å². The van der Waals surface area contributed by atoms with Gasteiger partial charge in [-0.2, -0.15) is 0 Å². The smallest absolute Gasteiger partial charge is 0.261 e. The fourth-order valence-electron chi connectivity index (χ4n) is 3.28. The maximum Gasteiger partial charge on any atom is 0.261 e. The van der Waals surface area contributed by atoms with Gasteiger partial charge in [0.25, 0.3) is 10.0 Å². The lowest BCUT2D eigenvalue weighted by molar-refractivity contribution is 0.414. The van der Waals surface area contributed by atoms with E-state index in [1.807, 2.05) is 6.07 Å². The molecule has 6 nitrogen and oxygen atoms in total. The van der Waals surface area contributed by atoms with Crippen LogP contribution in [0.5, 0.6) is 5.75 Å². The number of anilines is 2. The molecule has 1 heterocycles. The van der Waals surface area contributed by atoms with Crippen molar-refractivity contribution in [2.45, 2.75) is 43.0 Å². The van der Waals surface area contributed by atoms with Crippen molar-refractivity contribution in [3.8, 4) is 5.75 Å². The maximum absolute atomic E-state index is 12.5. The van der Waals surface area contributed by atoms with Crippen LogP contribution in [0.15, 0.2) is 47.5 Å². The highest BCUT2D eigenvalue weighted by Crippen LogP contribution is 2.26. The molecule has 0 bridgehead atoms. The number of ether oxygens (including phenoxy) is 1. The topological polar surface area (TPSA) is 71.5 Å². The Hall–Kier alpha value is -2.28. The molecule has 2 aromatic rings. The summed E-state index contributed by atoms with van der Waals surface area (Å²) in [6.07, 6.45) is 7.76. The molecule has 1 aromatic heterocycles. The van der Waals surface area contributed by atoms with E-state index in [4.69, 9.17) is 4.74 Å². The third-order valence-electron chi connectivity index (χ3n) is 4.85. The number of methoxy groups -OCH3 is 1. The molecule has 1 aromatic carbocycles. The Labute approximate surface area is 155 Å². The van der Waals surface area contributed by atoms with Gasteiger partial charge in [0.05, 0.1) is 23.9 Å². The van der Waals surface area contributed by atoms with Crippen molar-refractivity contribution in [3.63, 3.8) is 0 Å². The summed E-state index contributed by atoms with van der Waals surface area (Å²) in [5.74, 6) is 1.48. The highest BCUT2D eigenvalue weighted by molar-refractivity contribution is 7.92. The summed E-state index contributed by atoms with van der Waals surface area (Å²) in [5.41, 5.74) is 0.446. The first-order valence-electron chi connectivity index (χ1n) is 8.85. The van der Waals surface area contributed by atoms with E-state index in [2.05, 4.69) is 21.7 Å². The van der Waals surface area contributed by atoms with Gasteiger partial charge in [0.1, 0.15) is 11.6 Å². The molecule has 1 aliphatic rings. The molecule has 7 heteroatoms. The number of pyridine rings is 1. The standard InChI is InChI=1S/C19H25N3O3S/c1-22(16-6-4-3-5-7-16)19-13-8-15(14-20-19)21-26(23,24)18-11-9-17(25-2)10-12-18/h8-14,16,21H,3-7H2,1-2H3. The third-order valence-corrected chi connectivity index (χ3v) is 6.25. The SMILES string of the molecule is COc1ccc(S(=O)(=O)Nc2ccc(N(C)C3CCCCC3)nc2)cc1. The van der Waals surface area contributed by atoms with Crippen molar-refractivity contribution in [2.75, 3.05) is 23.8 Å². The number of aromatic nitrogens is 1. The summed E-state index contributed by atoms with van der Waals surface area (Å²) in [5, 5.41) is 0. The van der Waals surface area contributed by atoms with E-state index in [9.17, 15) is 8.42 Å². The van der Waals surface area contributed by atoms with Crippen LogP contribution in [0, 0.1) is 0 Å². The third kappa shape index (κ3) is 4.27. The van der Waals surface area contributed by atoms with E-state index in [1.54, 1.807) is 31.5 Å². The summed E-state index contributed by atoms with van der Waals surface area (Å²) in [6.45, 7) is 0. The number of nitrogens with zero attached hydrogens (tertiary/aromatic N) is 2. The molecule has 0 radical (unpaired) electrons. The first-order chi connectivity index (χ1) is 12.5. The van der Waals surface area contributed by atoms with Gasteiger partial charge in [-0.25, -0.2) is 13.4 Å². The van der Waals surface area contributed by atoms with Crippen LogP contribution >= 0.6 is 0 Å². The summed E-state index contributed by atoms with van der Waals surface area (Å²) in [7, 11) is -0.0550. The molecule has 1 saturated carbocycles. The van der Waals surface area contributed by atoms with Crippen molar-refractivity contribution in [1.82, 2.24) is 4.98 Å². The van der Waals surface area contributed by atoms with Crippen molar-refractivity contribution in [2.24, 2.45) is 0 Å². The van der Waals surface area contributed by atoms with Crippen LogP contribution in [-0.2, 0) is 10.0 Å². The molecular weight excluding hydrogens is 350 g/mol. The largest absolute Gasteiger partial charge is 0.497 e. The van der Waals surface area contributed by atoms with E-state index in [0.717, 1.165) is 5.82 Å². The van der Waals surface area contributed by atoms with Gasteiger partial charge in [0, 0.05) is 13.1 Å². The number of hydrogen-bond donors (Lipinski definition) is 1. The van der Waals surface area contributed by atoms with Gasteiger partial charge in [0.2, 0.25) is 0 Å².